The van der Waals surface area contributed by atoms with Crippen LogP contribution in [-0.4, -0.2) is 6.54 Å². The van der Waals surface area contributed by atoms with Gasteiger partial charge in [0, 0.05) is 6.54 Å². The average molecular weight is 279 g/mol. The monoisotopic (exact) mass is 279 g/mol. The van der Waals surface area contributed by atoms with E-state index >= 15 is 0 Å². The van der Waals surface area contributed by atoms with Gasteiger partial charge in [-0.25, -0.2) is 13.2 Å². The summed E-state index contributed by atoms with van der Waals surface area (Å²) >= 11 is 0. The van der Waals surface area contributed by atoms with Crippen molar-refractivity contribution < 1.29 is 13.2 Å². The minimum Gasteiger partial charge on any atom is -0.312 e. The maximum atomic E-state index is 13.0. The molecule has 2 aromatic rings. The van der Waals surface area contributed by atoms with Crippen LogP contribution in [0.15, 0.2) is 36.4 Å². The molecule has 0 saturated carbocycles. The highest BCUT2D eigenvalue weighted by molar-refractivity contribution is 5.22. The molecule has 0 heterocycles. The summed E-state index contributed by atoms with van der Waals surface area (Å²) in [6.07, 6.45) is 0.827. The van der Waals surface area contributed by atoms with E-state index in [-0.39, 0.29) is 0 Å². The maximum absolute atomic E-state index is 13.0. The smallest absolute Gasteiger partial charge is 0.194 e. The molecule has 0 aliphatic rings. The molecule has 0 atom stereocenters. The van der Waals surface area contributed by atoms with E-state index in [0.29, 0.717) is 18.7 Å². The van der Waals surface area contributed by atoms with Crippen LogP contribution in [-0.2, 0) is 13.0 Å². The zero-order valence-corrected chi connectivity index (χ0v) is 11.2. The third-order valence-corrected chi connectivity index (χ3v) is 3.05. The molecule has 0 aromatic heterocycles. The minimum absolute atomic E-state index is 0.305. The van der Waals surface area contributed by atoms with Gasteiger partial charge in [0.2, 0.25) is 0 Å². The Bertz CT molecular complexity index is 573. The zero-order chi connectivity index (χ0) is 14.5. The molecule has 0 saturated heterocycles. The Balaban J connectivity index is 1.84. The highest BCUT2D eigenvalue weighted by atomic mass is 19.2. The van der Waals surface area contributed by atoms with Crippen LogP contribution in [0.2, 0.25) is 0 Å². The highest BCUT2D eigenvalue weighted by Gasteiger charge is 2.09. The van der Waals surface area contributed by atoms with E-state index in [1.54, 1.807) is 0 Å². The molecule has 20 heavy (non-hydrogen) atoms. The van der Waals surface area contributed by atoms with Gasteiger partial charge in [0.05, 0.1) is 0 Å². The molecule has 0 bridgehead atoms. The topological polar surface area (TPSA) is 12.0 Å². The second-order valence-corrected chi connectivity index (χ2v) is 4.79. The lowest BCUT2D eigenvalue weighted by atomic mass is 10.1. The van der Waals surface area contributed by atoms with Crippen molar-refractivity contribution in [3.05, 3.63) is 70.5 Å². The van der Waals surface area contributed by atoms with Crippen LogP contribution in [0.3, 0.4) is 0 Å². The minimum atomic E-state index is -1.42. The van der Waals surface area contributed by atoms with Gasteiger partial charge in [0.25, 0.3) is 0 Å². The lowest BCUT2D eigenvalue weighted by Gasteiger charge is -2.07. The van der Waals surface area contributed by atoms with Crippen molar-refractivity contribution in [1.29, 1.82) is 0 Å². The molecule has 2 rings (SSSR count). The first kappa shape index (κ1) is 14.6. The van der Waals surface area contributed by atoms with Crippen molar-refractivity contribution >= 4 is 0 Å². The number of nitrogens with one attached hydrogen (secondary N) is 1. The first-order valence-corrected chi connectivity index (χ1v) is 6.46. The SMILES string of the molecule is Cc1cccc(CCNCc2cc(F)c(F)c(F)c2)c1. The second-order valence-electron chi connectivity index (χ2n) is 4.79. The van der Waals surface area contributed by atoms with E-state index in [1.165, 1.54) is 11.1 Å². The molecule has 0 amide bonds. The summed E-state index contributed by atoms with van der Waals surface area (Å²) in [5.41, 5.74) is 2.80. The molecule has 0 aliphatic carbocycles. The van der Waals surface area contributed by atoms with Crippen LogP contribution < -0.4 is 5.32 Å². The van der Waals surface area contributed by atoms with E-state index in [9.17, 15) is 13.2 Å². The first-order valence-electron chi connectivity index (χ1n) is 6.46. The summed E-state index contributed by atoms with van der Waals surface area (Å²) in [6.45, 7) is 3.02. The highest BCUT2D eigenvalue weighted by Crippen LogP contribution is 2.13. The fourth-order valence-electron chi connectivity index (χ4n) is 2.04. The van der Waals surface area contributed by atoms with Gasteiger partial charge >= 0.3 is 0 Å². The van der Waals surface area contributed by atoms with Gasteiger partial charge in [-0.1, -0.05) is 29.8 Å². The van der Waals surface area contributed by atoms with Crippen molar-refractivity contribution in [2.75, 3.05) is 6.54 Å². The van der Waals surface area contributed by atoms with Gasteiger partial charge in [-0.05, 0) is 43.1 Å². The maximum Gasteiger partial charge on any atom is 0.194 e. The molecule has 0 aliphatic heterocycles. The van der Waals surface area contributed by atoms with Gasteiger partial charge in [-0.3, -0.25) is 0 Å². The van der Waals surface area contributed by atoms with Crippen LogP contribution in [0.5, 0.6) is 0 Å². The Kier molecular flexibility index (Phi) is 4.79. The Hall–Kier alpha value is -1.81. The Morgan fingerprint density at radius 3 is 2.30 bits per heavy atom. The van der Waals surface area contributed by atoms with Crippen molar-refractivity contribution in [3.8, 4) is 0 Å². The summed E-state index contributed by atoms with van der Waals surface area (Å²) in [6, 6.07) is 10.2. The first-order chi connectivity index (χ1) is 9.56. The number of aryl methyl sites for hydroxylation is 1. The molecule has 4 heteroatoms. The van der Waals surface area contributed by atoms with Gasteiger partial charge in [-0.15, -0.1) is 0 Å². The van der Waals surface area contributed by atoms with Crippen LogP contribution in [0.1, 0.15) is 16.7 Å². The third-order valence-electron chi connectivity index (χ3n) is 3.05. The Morgan fingerprint density at radius 1 is 0.950 bits per heavy atom. The van der Waals surface area contributed by atoms with E-state index in [2.05, 4.69) is 11.4 Å². The predicted molar refractivity (Wildman–Crippen MR) is 72.9 cm³/mol. The van der Waals surface area contributed by atoms with Crippen molar-refractivity contribution in [2.45, 2.75) is 19.9 Å². The Labute approximate surface area is 116 Å². The lowest BCUT2D eigenvalue weighted by molar-refractivity contribution is 0.444. The summed E-state index contributed by atoms with van der Waals surface area (Å²) in [4.78, 5) is 0. The van der Waals surface area contributed by atoms with Crippen LogP contribution in [0, 0.1) is 24.4 Å². The molecular weight excluding hydrogens is 263 g/mol. The molecule has 0 unspecified atom stereocenters. The fraction of sp³-hybridized carbons (Fsp3) is 0.250. The van der Waals surface area contributed by atoms with Crippen LogP contribution in [0.25, 0.3) is 0 Å². The quantitative estimate of drug-likeness (QED) is 0.649. The zero-order valence-electron chi connectivity index (χ0n) is 11.2. The molecule has 1 nitrogen and oxygen atoms in total. The number of benzene rings is 2. The van der Waals surface area contributed by atoms with Crippen molar-refractivity contribution in [1.82, 2.24) is 5.32 Å². The fourth-order valence-corrected chi connectivity index (χ4v) is 2.04. The molecule has 0 spiro atoms. The number of hydrogen-bond donors (Lipinski definition) is 1. The summed E-state index contributed by atoms with van der Waals surface area (Å²) in [7, 11) is 0. The average Bonchev–Trinajstić information content (AvgIpc) is 2.41. The lowest BCUT2D eigenvalue weighted by Crippen LogP contribution is -2.17. The molecular formula is C16H16F3N. The van der Waals surface area contributed by atoms with Gasteiger partial charge in [0.15, 0.2) is 17.5 Å². The summed E-state index contributed by atoms with van der Waals surface area (Å²) < 4.78 is 38.8. The van der Waals surface area contributed by atoms with Crippen LogP contribution >= 0.6 is 0 Å². The predicted octanol–water partition coefficient (Wildman–Crippen LogP) is 3.74. The summed E-state index contributed by atoms with van der Waals surface area (Å²) in [5.74, 6) is -3.73. The van der Waals surface area contributed by atoms with Gasteiger partial charge in [-0.2, -0.15) is 0 Å². The van der Waals surface area contributed by atoms with E-state index in [1.807, 2.05) is 25.1 Å². The molecule has 1 N–H and O–H groups in total. The number of hydrogen-bond acceptors (Lipinski definition) is 1. The molecule has 2 aromatic carbocycles. The van der Waals surface area contributed by atoms with E-state index in [4.69, 9.17) is 0 Å². The van der Waals surface area contributed by atoms with Crippen molar-refractivity contribution in [3.63, 3.8) is 0 Å². The third kappa shape index (κ3) is 3.84. The molecule has 0 fully saturated rings. The van der Waals surface area contributed by atoms with Crippen LogP contribution in [0.4, 0.5) is 13.2 Å². The normalized spacial score (nSPS) is 10.8. The van der Waals surface area contributed by atoms with E-state index < -0.39 is 17.5 Å². The number of halogens is 3. The molecule has 0 radical (unpaired) electrons. The second kappa shape index (κ2) is 6.57. The standard InChI is InChI=1S/C16H16F3N/c1-11-3-2-4-12(7-11)5-6-20-10-13-8-14(17)16(19)15(18)9-13/h2-4,7-9,20H,5-6,10H2,1H3. The van der Waals surface area contributed by atoms with E-state index in [0.717, 1.165) is 18.6 Å². The van der Waals surface area contributed by atoms with Gasteiger partial charge < -0.3 is 5.32 Å². The summed E-state index contributed by atoms with van der Waals surface area (Å²) in [5, 5.41) is 3.09. The van der Waals surface area contributed by atoms with Crippen molar-refractivity contribution in [2.24, 2.45) is 0 Å². The molecule has 106 valence electrons. The Morgan fingerprint density at radius 2 is 1.65 bits per heavy atom. The largest absolute Gasteiger partial charge is 0.312 e. The number of rotatable bonds is 5. The van der Waals surface area contributed by atoms with Gasteiger partial charge in [0.1, 0.15) is 0 Å².